The van der Waals surface area contributed by atoms with Gasteiger partial charge in [0.25, 0.3) is 0 Å². The lowest BCUT2D eigenvalue weighted by Gasteiger charge is -2.44. The van der Waals surface area contributed by atoms with Crippen molar-refractivity contribution in [3.05, 3.63) is 470 Å². The SMILES string of the molecule is c1ccc2c(c1)-c1c[nH]cc1C1c3cccn3-c3ccccc3N21.c1ccc2c(c1)-c1cc[nH]c1C1c3cccn3-c3ccccc3N21.c1ccc2c(c1)-c1ccccc1N1c3ccccc3-c3[nH]ccc3C21.c1ccc2c(c1)-c1ccccc1N1c3ccccc3-c3c[nH]cc3C21.c1ccc2c(c1)-c1ccccc1N1c3ccccc3-c3cc[nH]c3C21. The van der Waals surface area contributed by atoms with E-state index < -0.39 is 0 Å². The zero-order valence-electron chi connectivity index (χ0n) is 66.8. The summed E-state index contributed by atoms with van der Waals surface area (Å²) in [6.45, 7) is 0. The fourth-order valence-electron chi connectivity index (χ4n) is 22.0. The molecule has 5 atom stereocenters. The molecule has 10 aliphatic heterocycles. The minimum atomic E-state index is 0.176. The van der Waals surface area contributed by atoms with Crippen LogP contribution >= 0.6 is 0 Å². The molecule has 0 saturated heterocycles. The number of aromatic amines is 5. The van der Waals surface area contributed by atoms with Crippen LogP contribution in [0.2, 0.25) is 0 Å². The van der Waals surface area contributed by atoms with Gasteiger partial charge in [0.1, 0.15) is 18.1 Å². The van der Waals surface area contributed by atoms with Crippen LogP contribution in [0, 0.1) is 0 Å². The number of hydrogen-bond acceptors (Lipinski definition) is 5. The quantitative estimate of drug-likeness (QED) is 0.104. The van der Waals surface area contributed by atoms with Crippen LogP contribution in [0.5, 0.6) is 0 Å². The average molecular weight is 1580 g/mol. The lowest BCUT2D eigenvalue weighted by molar-refractivity contribution is 0.709. The van der Waals surface area contributed by atoms with Crippen molar-refractivity contribution < 1.29 is 0 Å². The summed E-state index contributed by atoms with van der Waals surface area (Å²) < 4.78 is 4.64. The van der Waals surface area contributed by atoms with E-state index in [9.17, 15) is 0 Å². The molecule has 5 unspecified atom stereocenters. The van der Waals surface area contributed by atoms with Gasteiger partial charge in [-0.05, 0) is 149 Å². The predicted octanol–water partition coefficient (Wildman–Crippen LogP) is 27.8. The summed E-state index contributed by atoms with van der Waals surface area (Å²) in [5.41, 5.74) is 49.3. The number of para-hydroxylation sites is 12. The first kappa shape index (κ1) is 68.8. The molecule has 10 aliphatic rings. The molecule has 17 heterocycles. The Morgan fingerprint density at radius 3 is 0.886 bits per heavy atom. The molecule has 13 aromatic carbocycles. The highest BCUT2D eigenvalue weighted by molar-refractivity contribution is 6.02. The van der Waals surface area contributed by atoms with E-state index in [4.69, 9.17) is 0 Å². The van der Waals surface area contributed by atoms with Crippen molar-refractivity contribution in [2.45, 2.75) is 30.2 Å². The summed E-state index contributed by atoms with van der Waals surface area (Å²) >= 11 is 0. The van der Waals surface area contributed by atoms with Gasteiger partial charge in [-0.1, -0.05) is 243 Å². The molecular weight excluding hydrogens is 1500 g/mol. The number of aromatic nitrogens is 7. The Balaban J connectivity index is 0.0000000825. The van der Waals surface area contributed by atoms with Crippen molar-refractivity contribution in [3.63, 3.8) is 0 Å². The summed E-state index contributed by atoms with van der Waals surface area (Å²) in [6.07, 6.45) is 19.1. The number of rotatable bonds is 0. The third-order valence-electron chi connectivity index (χ3n) is 26.9. The summed E-state index contributed by atoms with van der Waals surface area (Å²) in [6, 6.07) is 130. The molecule has 20 aromatic rings. The summed E-state index contributed by atoms with van der Waals surface area (Å²) in [7, 11) is 0. The second-order valence-corrected chi connectivity index (χ2v) is 32.9. The van der Waals surface area contributed by atoms with Crippen LogP contribution in [-0.4, -0.2) is 34.1 Å². The zero-order chi connectivity index (χ0) is 80.5. The molecule has 0 saturated carbocycles. The highest BCUT2D eigenvalue weighted by atomic mass is 15.3. The maximum absolute atomic E-state index is 3.53. The largest absolute Gasteiger partial charge is 0.367 e. The van der Waals surface area contributed by atoms with Crippen molar-refractivity contribution in [2.24, 2.45) is 0 Å². The number of fused-ring (bicyclic) bond motifs is 55. The molecule has 5 N–H and O–H groups in total. The van der Waals surface area contributed by atoms with Gasteiger partial charge in [-0.3, -0.25) is 0 Å². The predicted molar refractivity (Wildman–Crippen MR) is 498 cm³/mol. The summed E-state index contributed by atoms with van der Waals surface area (Å²) in [4.78, 5) is 29.6. The number of H-pyrrole nitrogens is 5. The number of benzene rings is 13. The standard InChI is InChI=1S/3C23H16N2.2C21H15N3/c1-2-10-18-15(7-1)16-8-3-5-11-21(16)25-22-12-6-4-9-17(22)19-13-24-14-20(19)23(18)25;1-2-10-19-15(7-1)16-8-3-5-11-20(16)25-21-12-6-4-9-17(21)18-13-14-24-22(18)23(19)25;1-2-9-17-15(7-1)16-8-3-5-11-20(16)25-21-12-6-4-10-18(21)22-19(23(17)25)13-14-24-22;1-2-7-16-14(6-1)15-11-12-22-20(15)21-19-10-5-13-23(19)17-8-3-4-9-18(17)24(16)21;1-2-7-17-14(6-1)15-12-22-13-16(15)21-20-10-5-11-23(20)18-8-3-4-9-19(18)24(17)21/h3*1-14,23-24H;2*1-13,21-22H. The molecule has 7 aromatic heterocycles. The van der Waals surface area contributed by atoms with Crippen molar-refractivity contribution >= 4 is 56.9 Å². The normalized spacial score (nSPS) is 16.5. The summed E-state index contributed by atoms with van der Waals surface area (Å²) in [5.74, 6) is 0. The van der Waals surface area contributed by atoms with Gasteiger partial charge < -0.3 is 58.6 Å². The molecular formula is C111H78N12. The van der Waals surface area contributed by atoms with Gasteiger partial charge in [0.05, 0.1) is 86.1 Å². The minimum Gasteiger partial charge on any atom is -0.367 e. The summed E-state index contributed by atoms with van der Waals surface area (Å²) in [5, 5.41) is 0. The van der Waals surface area contributed by atoms with Crippen LogP contribution in [0.3, 0.4) is 0 Å². The van der Waals surface area contributed by atoms with Crippen molar-refractivity contribution in [1.82, 2.24) is 34.1 Å². The van der Waals surface area contributed by atoms with Gasteiger partial charge in [-0.25, -0.2) is 0 Å². The fourth-order valence-corrected chi connectivity index (χ4v) is 22.0. The Morgan fingerprint density at radius 1 is 0.171 bits per heavy atom. The van der Waals surface area contributed by atoms with Crippen molar-refractivity contribution in [2.75, 3.05) is 24.5 Å². The topological polar surface area (TPSA) is 105 Å². The monoisotopic (exact) mass is 1580 g/mol. The third-order valence-corrected chi connectivity index (χ3v) is 26.9. The Bertz CT molecular complexity index is 6840. The van der Waals surface area contributed by atoms with Crippen LogP contribution in [0.1, 0.15) is 86.4 Å². The zero-order valence-corrected chi connectivity index (χ0v) is 66.8. The van der Waals surface area contributed by atoms with Crippen LogP contribution in [0.25, 0.3) is 101 Å². The van der Waals surface area contributed by atoms with Gasteiger partial charge in [-0.15, -0.1) is 0 Å². The Labute approximate surface area is 711 Å². The van der Waals surface area contributed by atoms with Crippen LogP contribution in [0.4, 0.5) is 56.9 Å². The fraction of sp³-hybridized carbons (Fsp3) is 0.0450. The van der Waals surface area contributed by atoms with E-state index in [-0.39, 0.29) is 30.2 Å². The van der Waals surface area contributed by atoms with E-state index in [1.165, 1.54) is 214 Å². The maximum atomic E-state index is 3.53. The molecule has 30 rings (SSSR count). The molecule has 0 bridgehead atoms. The van der Waals surface area contributed by atoms with E-state index >= 15 is 0 Å². The number of nitrogens with zero attached hydrogens (tertiary/aromatic N) is 7. The van der Waals surface area contributed by atoms with E-state index in [1.807, 2.05) is 0 Å². The molecule has 0 fully saturated rings. The van der Waals surface area contributed by atoms with Crippen LogP contribution < -0.4 is 24.5 Å². The maximum Gasteiger partial charge on any atom is 0.115 e. The van der Waals surface area contributed by atoms with Crippen molar-refractivity contribution in [1.29, 1.82) is 0 Å². The molecule has 0 spiro atoms. The van der Waals surface area contributed by atoms with Crippen LogP contribution in [-0.2, 0) is 0 Å². The lowest BCUT2D eigenvalue weighted by Crippen LogP contribution is -2.34. The van der Waals surface area contributed by atoms with Gasteiger partial charge in [0, 0.05) is 162 Å². The first-order valence-corrected chi connectivity index (χ1v) is 42.5. The first-order valence-electron chi connectivity index (χ1n) is 42.5. The first-order chi connectivity index (χ1) is 61.2. The number of hydrogen-bond donors (Lipinski definition) is 5. The smallest absolute Gasteiger partial charge is 0.115 e. The van der Waals surface area contributed by atoms with E-state index in [1.54, 1.807) is 0 Å². The second kappa shape index (κ2) is 27.2. The van der Waals surface area contributed by atoms with E-state index in [0.717, 1.165) is 0 Å². The molecule has 123 heavy (non-hydrogen) atoms. The minimum absolute atomic E-state index is 0.176. The highest BCUT2D eigenvalue weighted by Crippen LogP contribution is 2.62. The molecule has 0 aliphatic carbocycles. The van der Waals surface area contributed by atoms with Crippen molar-refractivity contribution in [3.8, 4) is 101 Å². The van der Waals surface area contributed by atoms with Gasteiger partial charge in [-0.2, -0.15) is 0 Å². The second-order valence-electron chi connectivity index (χ2n) is 32.9. The van der Waals surface area contributed by atoms with Gasteiger partial charge >= 0.3 is 0 Å². The van der Waals surface area contributed by atoms with E-state index in [0.29, 0.717) is 0 Å². The Kier molecular flexibility index (Phi) is 15.2. The molecule has 582 valence electrons. The highest BCUT2D eigenvalue weighted by Gasteiger charge is 2.46. The Morgan fingerprint density at radius 2 is 0.455 bits per heavy atom. The van der Waals surface area contributed by atoms with Gasteiger partial charge in [0.15, 0.2) is 0 Å². The van der Waals surface area contributed by atoms with E-state index in [2.05, 4.69) is 472 Å². The molecule has 0 radical (unpaired) electrons. The molecule has 12 nitrogen and oxygen atoms in total. The lowest BCUT2D eigenvalue weighted by atomic mass is 9.80. The number of nitrogens with one attached hydrogen (secondary N) is 5. The molecule has 12 heteroatoms. The third kappa shape index (κ3) is 10.1. The van der Waals surface area contributed by atoms with Gasteiger partial charge in [0.2, 0.25) is 0 Å². The number of anilines is 10. The van der Waals surface area contributed by atoms with Crippen LogP contribution in [0.15, 0.2) is 414 Å². The Hall–Kier alpha value is -16.2. The molecule has 0 amide bonds. The average Bonchev–Trinajstić information content (AvgIpc) is 1.73.